The summed E-state index contributed by atoms with van der Waals surface area (Å²) in [4.78, 5) is 14.3. The molecular formula is C44H33BN4Pt. The van der Waals surface area contributed by atoms with E-state index in [9.17, 15) is 0 Å². The van der Waals surface area contributed by atoms with Gasteiger partial charge in [0.15, 0.2) is 0 Å². The van der Waals surface area contributed by atoms with E-state index in [1.165, 1.54) is 22.4 Å². The van der Waals surface area contributed by atoms with Crippen LogP contribution in [-0.2, 0) is 26.5 Å². The molecular weight excluding hydrogens is 790 g/mol. The largest absolute Gasteiger partial charge is 2.00 e. The van der Waals surface area contributed by atoms with Crippen molar-refractivity contribution in [3.05, 3.63) is 164 Å². The molecule has 4 nitrogen and oxygen atoms in total. The average Bonchev–Trinajstić information content (AvgIpc) is 3.15. The number of para-hydroxylation sites is 2. The number of rotatable bonds is 4. The molecule has 0 saturated carbocycles. The summed E-state index contributed by atoms with van der Waals surface area (Å²) in [6.07, 6.45) is 3.70. The molecule has 0 spiro atoms. The number of aromatic nitrogens is 2. The third-order valence-electron chi connectivity index (χ3n) is 9.65. The van der Waals surface area contributed by atoms with E-state index < -0.39 is 0 Å². The van der Waals surface area contributed by atoms with Crippen LogP contribution in [0.1, 0.15) is 26.3 Å². The molecule has 0 amide bonds. The summed E-state index contributed by atoms with van der Waals surface area (Å²) in [5, 5.41) is 0. The first kappa shape index (κ1) is 32.0. The van der Waals surface area contributed by atoms with E-state index in [2.05, 4.69) is 152 Å². The van der Waals surface area contributed by atoms with Crippen LogP contribution in [0.15, 0.2) is 146 Å². The average molecular weight is 824 g/mol. The van der Waals surface area contributed by atoms with Gasteiger partial charge in [-0.3, -0.25) is 0 Å². The number of hydrogen-bond acceptors (Lipinski definition) is 4. The number of fused-ring (bicyclic) bond motifs is 4. The molecule has 2 aliphatic heterocycles. The Labute approximate surface area is 308 Å². The molecule has 242 valence electrons. The van der Waals surface area contributed by atoms with Crippen LogP contribution >= 0.6 is 0 Å². The van der Waals surface area contributed by atoms with Gasteiger partial charge < -0.3 is 19.8 Å². The number of hydrogen-bond donors (Lipinski definition) is 0. The van der Waals surface area contributed by atoms with Crippen molar-refractivity contribution in [3.8, 4) is 22.5 Å². The third-order valence-corrected chi connectivity index (χ3v) is 9.65. The van der Waals surface area contributed by atoms with Gasteiger partial charge in [-0.15, -0.1) is 58.5 Å². The van der Waals surface area contributed by atoms with Gasteiger partial charge >= 0.3 is 21.1 Å². The summed E-state index contributed by atoms with van der Waals surface area (Å²) in [5.41, 5.74) is 15.2. The van der Waals surface area contributed by atoms with Crippen molar-refractivity contribution < 1.29 is 21.1 Å². The molecule has 0 saturated heterocycles. The minimum absolute atomic E-state index is 0. The summed E-state index contributed by atoms with van der Waals surface area (Å²) in [7, 11) is 0. The Hall–Kier alpha value is -5.25. The molecule has 0 N–H and O–H groups in total. The van der Waals surface area contributed by atoms with E-state index in [1.54, 1.807) is 0 Å². The molecule has 4 heterocycles. The first-order valence-corrected chi connectivity index (χ1v) is 16.8. The molecule has 0 radical (unpaired) electrons. The zero-order chi connectivity index (χ0) is 33.1. The quantitative estimate of drug-likeness (QED) is 0.131. The van der Waals surface area contributed by atoms with Crippen LogP contribution in [-0.4, -0.2) is 16.7 Å². The molecule has 0 aliphatic carbocycles. The third kappa shape index (κ3) is 5.29. The van der Waals surface area contributed by atoms with Gasteiger partial charge in [-0.05, 0) is 87.7 Å². The van der Waals surface area contributed by atoms with Crippen molar-refractivity contribution in [1.82, 2.24) is 9.97 Å². The first-order valence-electron chi connectivity index (χ1n) is 16.8. The van der Waals surface area contributed by atoms with Crippen LogP contribution < -0.4 is 26.2 Å². The Morgan fingerprint density at radius 1 is 0.520 bits per heavy atom. The fourth-order valence-electron chi connectivity index (χ4n) is 7.30. The first-order chi connectivity index (χ1) is 24.0. The summed E-state index contributed by atoms with van der Waals surface area (Å²) in [5.74, 6) is 0. The second-order valence-electron chi connectivity index (χ2n) is 13.7. The standard InChI is InChI=1S/C44H33BN4.Pt/c1-44(2,3)32-28-41-43-42(29-32)49(34-16-8-5-9-17-34)40-23-21-31(38-19-11-13-25-47-38)27-36(40)45(43)35-26-30(37-18-10-12-24-46-37)20-22-39(35)48(41)33-14-6-4-7-15-33;/h4-25,28-29H,1-3H3;/q-2;+2. The number of pyridine rings is 2. The second kappa shape index (κ2) is 12.6. The molecule has 7 aromatic rings. The Morgan fingerprint density at radius 3 is 1.36 bits per heavy atom. The van der Waals surface area contributed by atoms with Crippen LogP contribution in [0.25, 0.3) is 22.5 Å². The Bertz CT molecular complexity index is 2170. The van der Waals surface area contributed by atoms with Gasteiger partial charge in [0, 0.05) is 35.1 Å². The van der Waals surface area contributed by atoms with Crippen molar-refractivity contribution in [2.45, 2.75) is 26.2 Å². The summed E-state index contributed by atoms with van der Waals surface area (Å²) in [6.45, 7) is 6.76. The second-order valence-corrected chi connectivity index (χ2v) is 13.7. The predicted octanol–water partition coefficient (Wildman–Crippen LogP) is 8.79. The van der Waals surface area contributed by atoms with Crippen LogP contribution in [0, 0.1) is 12.1 Å². The van der Waals surface area contributed by atoms with Gasteiger partial charge in [-0.2, -0.15) is 0 Å². The van der Waals surface area contributed by atoms with E-state index >= 15 is 0 Å². The van der Waals surface area contributed by atoms with Crippen LogP contribution in [0.4, 0.5) is 34.1 Å². The smallest absolute Gasteiger partial charge is 0.352 e. The normalized spacial score (nSPS) is 12.8. The van der Waals surface area contributed by atoms with Gasteiger partial charge in [-0.25, -0.2) is 0 Å². The zero-order valence-electron chi connectivity index (χ0n) is 28.0. The Morgan fingerprint density at radius 2 is 0.960 bits per heavy atom. The zero-order valence-corrected chi connectivity index (χ0v) is 30.3. The van der Waals surface area contributed by atoms with E-state index in [-0.39, 0.29) is 33.2 Å². The van der Waals surface area contributed by atoms with E-state index in [4.69, 9.17) is 9.97 Å². The van der Waals surface area contributed by atoms with Crippen LogP contribution in [0.3, 0.4) is 0 Å². The molecule has 2 aliphatic rings. The summed E-state index contributed by atoms with van der Waals surface area (Å²) < 4.78 is 0. The van der Waals surface area contributed by atoms with Gasteiger partial charge in [-0.1, -0.05) is 81.4 Å². The van der Waals surface area contributed by atoms with Crippen molar-refractivity contribution >= 4 is 57.2 Å². The fraction of sp³-hybridized carbons (Fsp3) is 0.0909. The molecule has 0 unspecified atom stereocenters. The molecule has 6 heteroatoms. The van der Waals surface area contributed by atoms with E-state index in [0.717, 1.165) is 56.2 Å². The molecule has 0 fully saturated rings. The van der Waals surface area contributed by atoms with E-state index in [1.807, 2.05) is 36.7 Å². The molecule has 50 heavy (non-hydrogen) atoms. The monoisotopic (exact) mass is 823 g/mol. The number of nitrogens with zero attached hydrogens (tertiary/aromatic N) is 4. The maximum atomic E-state index is 4.72. The minimum Gasteiger partial charge on any atom is -0.352 e. The maximum absolute atomic E-state index is 4.72. The maximum Gasteiger partial charge on any atom is 2.00 e. The van der Waals surface area contributed by atoms with Gasteiger partial charge in [0.1, 0.15) is 0 Å². The Kier molecular flexibility index (Phi) is 8.04. The molecule has 0 atom stereocenters. The molecule has 5 aromatic carbocycles. The van der Waals surface area contributed by atoms with Crippen molar-refractivity contribution in [3.63, 3.8) is 0 Å². The molecule has 9 rings (SSSR count). The fourth-order valence-corrected chi connectivity index (χ4v) is 7.30. The van der Waals surface area contributed by atoms with Gasteiger partial charge in [0.25, 0.3) is 0 Å². The number of benzene rings is 5. The van der Waals surface area contributed by atoms with Crippen molar-refractivity contribution in [2.24, 2.45) is 0 Å². The number of anilines is 6. The van der Waals surface area contributed by atoms with Crippen LogP contribution in [0.5, 0.6) is 0 Å². The van der Waals surface area contributed by atoms with Gasteiger partial charge in [0.2, 0.25) is 6.71 Å². The SMILES string of the molecule is CC(C)(C)c1cc2c3c(c1)N(c1ccccc1)c1ccc(-c4ccccn4)[c-]c1B3c1[c-]c(-c3ccccn3)ccc1N2c1ccccc1.[Pt+2]. The van der Waals surface area contributed by atoms with Crippen molar-refractivity contribution in [1.29, 1.82) is 0 Å². The van der Waals surface area contributed by atoms with Crippen LogP contribution in [0.2, 0.25) is 0 Å². The molecule has 0 bridgehead atoms. The summed E-state index contributed by atoms with van der Waals surface area (Å²) in [6, 6.07) is 55.0. The minimum atomic E-state index is -0.128. The molecule has 2 aromatic heterocycles. The van der Waals surface area contributed by atoms with Gasteiger partial charge in [0.05, 0.1) is 0 Å². The van der Waals surface area contributed by atoms with Crippen molar-refractivity contribution in [2.75, 3.05) is 9.80 Å². The Balaban J connectivity index is 0.00000361. The summed E-state index contributed by atoms with van der Waals surface area (Å²) >= 11 is 0. The predicted molar refractivity (Wildman–Crippen MR) is 203 cm³/mol. The van der Waals surface area contributed by atoms with E-state index in [0.29, 0.717) is 0 Å². The topological polar surface area (TPSA) is 32.3 Å².